The number of amides is 1. The summed E-state index contributed by atoms with van der Waals surface area (Å²) in [7, 11) is 8.15. The van der Waals surface area contributed by atoms with Crippen molar-refractivity contribution < 1.29 is 23.6 Å². The molecule has 3 aromatic carbocycles. The summed E-state index contributed by atoms with van der Waals surface area (Å²) in [6, 6.07) is 18.0. The second kappa shape index (κ2) is 14.7. The molecule has 0 atom stereocenters. The first-order valence-corrected chi connectivity index (χ1v) is 15.1. The van der Waals surface area contributed by atoms with Crippen LogP contribution in [-0.2, 0) is 17.8 Å². The van der Waals surface area contributed by atoms with Gasteiger partial charge in [0.25, 0.3) is 5.69 Å². The third-order valence-corrected chi connectivity index (χ3v) is 8.04. The molecule has 0 unspecified atom stereocenters. The molecule has 0 saturated carbocycles. The largest absolute Gasteiger partial charge is 0.496 e. The average molecular weight is 629 g/mol. The molecule has 2 radical (unpaired) electrons. The first kappa shape index (κ1) is 32.9. The van der Waals surface area contributed by atoms with Gasteiger partial charge in [0.15, 0.2) is 0 Å². The van der Waals surface area contributed by atoms with Crippen LogP contribution in [0.3, 0.4) is 0 Å². The van der Waals surface area contributed by atoms with E-state index in [-0.39, 0.29) is 23.8 Å². The summed E-state index contributed by atoms with van der Waals surface area (Å²) >= 11 is 0. The maximum Gasteiger partial charge on any atom is 0.269 e. The molecule has 0 saturated heterocycles. The summed E-state index contributed by atoms with van der Waals surface area (Å²) in [5, 5.41) is 13.9. The number of ether oxygens (including phenoxy) is 2. The first-order chi connectivity index (χ1) is 22.7. The first-order valence-electron chi connectivity index (χ1n) is 15.1. The van der Waals surface area contributed by atoms with Gasteiger partial charge in [0.1, 0.15) is 30.9 Å². The third kappa shape index (κ3) is 7.84. The number of fused-ring (bicyclic) bond motifs is 1. The van der Waals surface area contributed by atoms with Crippen LogP contribution in [0.5, 0.6) is 11.5 Å². The zero-order chi connectivity index (χ0) is 33.5. The average Bonchev–Trinajstić information content (AvgIpc) is 3.31. The highest BCUT2D eigenvalue weighted by Crippen LogP contribution is 2.44. The number of nitro benzene ring substituents is 1. The van der Waals surface area contributed by atoms with Crippen LogP contribution in [0.1, 0.15) is 54.5 Å². The van der Waals surface area contributed by atoms with Gasteiger partial charge >= 0.3 is 0 Å². The lowest BCUT2D eigenvalue weighted by molar-refractivity contribution is -0.384. The number of hydrogen-bond donors (Lipinski definition) is 1. The zero-order valence-electron chi connectivity index (χ0n) is 26.4. The van der Waals surface area contributed by atoms with Crippen LogP contribution < -0.4 is 20.3 Å². The van der Waals surface area contributed by atoms with Gasteiger partial charge in [-0.2, -0.15) is 0 Å². The predicted octanol–water partition coefficient (Wildman–Crippen LogP) is 6.88. The highest BCUT2D eigenvalue weighted by molar-refractivity contribution is 6.33. The summed E-state index contributed by atoms with van der Waals surface area (Å²) in [5.74, 6) is 1.24. The molecule has 0 aliphatic heterocycles. The number of methoxy groups -OCH3 is 1. The van der Waals surface area contributed by atoms with Gasteiger partial charge in [-0.1, -0.05) is 23.7 Å². The molecule has 8 nitrogen and oxygen atoms in total. The molecule has 5 rings (SSSR count). The molecule has 1 aliphatic rings. The number of nitrogens with one attached hydrogen (secondary N) is 1. The van der Waals surface area contributed by atoms with E-state index in [1.54, 1.807) is 37.7 Å². The van der Waals surface area contributed by atoms with Crippen LogP contribution in [0.15, 0.2) is 96.5 Å². The molecule has 1 aliphatic carbocycles. The van der Waals surface area contributed by atoms with E-state index in [1.807, 2.05) is 50.3 Å². The Morgan fingerprint density at radius 2 is 1.89 bits per heavy atom. The van der Waals surface area contributed by atoms with Gasteiger partial charge in [-0.05, 0) is 113 Å². The van der Waals surface area contributed by atoms with Crippen molar-refractivity contribution in [3.63, 3.8) is 0 Å². The summed E-state index contributed by atoms with van der Waals surface area (Å²) in [6.07, 6.45) is 8.33. The number of nitrogens with zero attached hydrogens (tertiary/aromatic N) is 2. The molecule has 47 heavy (non-hydrogen) atoms. The van der Waals surface area contributed by atoms with Crippen molar-refractivity contribution in [2.24, 2.45) is 0 Å². The molecule has 1 heterocycles. The Labute approximate surface area is 274 Å². The lowest BCUT2D eigenvalue weighted by Crippen LogP contribution is -2.22. The number of allylic oxidation sites excluding steroid dienone is 4. The topological polar surface area (TPSA) is 104 Å². The Morgan fingerprint density at radius 3 is 2.57 bits per heavy atom. The minimum Gasteiger partial charge on any atom is -0.496 e. The molecule has 1 amide bonds. The molecule has 0 spiro atoms. The molecule has 10 heteroatoms. The number of hydrogen-bond acceptors (Lipinski definition) is 6. The van der Waals surface area contributed by atoms with Crippen molar-refractivity contribution in [1.29, 1.82) is 0 Å². The smallest absolute Gasteiger partial charge is 0.269 e. The number of carbonyl (C=O) groups excluding carboxylic acids is 1. The van der Waals surface area contributed by atoms with Crippen LogP contribution in [0.4, 0.5) is 10.1 Å². The van der Waals surface area contributed by atoms with E-state index in [9.17, 15) is 19.3 Å². The quantitative estimate of drug-likeness (QED) is 0.0794. The maximum atomic E-state index is 14.4. The Hall–Kier alpha value is -5.51. The highest BCUT2D eigenvalue weighted by atomic mass is 19.1. The molecule has 1 N–H and O–H groups in total. The number of carbonyl (C=O) groups is 1. The highest BCUT2D eigenvalue weighted by Gasteiger charge is 2.26. The van der Waals surface area contributed by atoms with E-state index in [0.29, 0.717) is 47.7 Å². The Balaban J connectivity index is 1.36. The predicted molar refractivity (Wildman–Crippen MR) is 182 cm³/mol. The molecular formula is C37H33BFN3O5. The lowest BCUT2D eigenvalue weighted by atomic mass is 9.85. The second-order valence-electron chi connectivity index (χ2n) is 11.1. The number of aromatic nitrogens is 1. The van der Waals surface area contributed by atoms with Gasteiger partial charge in [0.2, 0.25) is 5.91 Å². The normalized spacial score (nSPS) is 13.4. The molecule has 0 fully saturated rings. The van der Waals surface area contributed by atoms with E-state index in [4.69, 9.17) is 17.3 Å². The molecule has 236 valence electrons. The van der Waals surface area contributed by atoms with Crippen molar-refractivity contribution in [2.75, 3.05) is 7.11 Å². The summed E-state index contributed by atoms with van der Waals surface area (Å²) in [5.41, 5.74) is 7.06. The molecule has 1 aromatic heterocycles. The number of benzene rings is 3. The Morgan fingerprint density at radius 1 is 1.11 bits per heavy atom. The molecule has 0 bridgehead atoms. The minimum absolute atomic E-state index is 0.00981. The van der Waals surface area contributed by atoms with Crippen molar-refractivity contribution in [1.82, 2.24) is 10.3 Å². The second-order valence-corrected chi connectivity index (χ2v) is 11.1. The van der Waals surface area contributed by atoms with Crippen LogP contribution in [0, 0.1) is 15.9 Å². The standard InChI is InChI=1S/C37H33BFN3O5/c1-4-28(47-29-10-8-27(9-11-29)42(44)45)12-14-31-35(38)17-25(18-36(31)46-3)16-32-23(2)33(34-19-26(39)7-13-30(32)34)20-37(43)41-22-24-6-5-15-40-21-24/h4-11,13,15-19,21H,12,14,20,22H2,1-3H3,(H,41,43)/b28-4?,32-16-. The van der Waals surface area contributed by atoms with Crippen LogP contribution in [-0.4, -0.2) is 30.8 Å². The lowest BCUT2D eigenvalue weighted by Gasteiger charge is -2.16. The van der Waals surface area contributed by atoms with Crippen LogP contribution >= 0.6 is 0 Å². The monoisotopic (exact) mass is 629 g/mol. The van der Waals surface area contributed by atoms with Crippen LogP contribution in [0.25, 0.3) is 17.2 Å². The van der Waals surface area contributed by atoms with Crippen molar-refractivity contribution in [3.8, 4) is 11.5 Å². The Kier molecular flexibility index (Phi) is 10.3. The van der Waals surface area contributed by atoms with Gasteiger partial charge in [-0.3, -0.25) is 19.9 Å². The van der Waals surface area contributed by atoms with Crippen molar-refractivity contribution in [3.05, 3.63) is 140 Å². The molecular weight excluding hydrogens is 596 g/mol. The van der Waals surface area contributed by atoms with Gasteiger partial charge in [0.05, 0.1) is 18.5 Å². The van der Waals surface area contributed by atoms with Crippen molar-refractivity contribution >= 4 is 42.1 Å². The zero-order valence-corrected chi connectivity index (χ0v) is 26.4. The number of nitro groups is 1. The SMILES string of the molecule is [B]c1cc(/C=C2/C(C)=C(CC(=O)NCc3cccnc3)c3cc(F)ccc32)cc(OC)c1CCC(=CC)Oc1ccc([N+](=O)[O-])cc1. The maximum absolute atomic E-state index is 14.4. The fraction of sp³-hybridized carbons (Fsp3) is 0.189. The van der Waals surface area contributed by atoms with E-state index < -0.39 is 4.92 Å². The fourth-order valence-corrected chi connectivity index (χ4v) is 5.59. The summed E-state index contributed by atoms with van der Waals surface area (Å²) in [4.78, 5) is 27.5. The van der Waals surface area contributed by atoms with Gasteiger partial charge in [-0.25, -0.2) is 4.39 Å². The Bertz CT molecular complexity index is 1900. The van der Waals surface area contributed by atoms with Gasteiger partial charge in [0, 0.05) is 37.5 Å². The van der Waals surface area contributed by atoms with E-state index >= 15 is 0 Å². The number of non-ortho nitro benzene ring substituents is 1. The number of pyridine rings is 1. The summed E-state index contributed by atoms with van der Waals surface area (Å²) in [6.45, 7) is 4.14. The van der Waals surface area contributed by atoms with E-state index in [0.717, 1.165) is 39.0 Å². The van der Waals surface area contributed by atoms with Gasteiger partial charge in [-0.15, -0.1) is 0 Å². The minimum atomic E-state index is -0.457. The van der Waals surface area contributed by atoms with Crippen LogP contribution in [0.2, 0.25) is 0 Å². The van der Waals surface area contributed by atoms with E-state index in [2.05, 4.69) is 10.3 Å². The third-order valence-electron chi connectivity index (χ3n) is 8.04. The summed E-state index contributed by atoms with van der Waals surface area (Å²) < 4.78 is 26.1. The van der Waals surface area contributed by atoms with Crippen molar-refractivity contribution in [2.45, 2.75) is 39.7 Å². The van der Waals surface area contributed by atoms with Gasteiger partial charge < -0.3 is 14.8 Å². The van der Waals surface area contributed by atoms with E-state index in [1.165, 1.54) is 24.3 Å². The number of halogens is 1. The fourth-order valence-electron chi connectivity index (χ4n) is 5.59. The number of rotatable bonds is 12. The molecule has 4 aromatic rings.